The van der Waals surface area contributed by atoms with Crippen LogP contribution in [-0.2, 0) is 4.74 Å². The molecule has 2 unspecified atom stereocenters. The summed E-state index contributed by atoms with van der Waals surface area (Å²) < 4.78 is 6.44. The van der Waals surface area contributed by atoms with Gasteiger partial charge in [-0.1, -0.05) is 48.0 Å². The van der Waals surface area contributed by atoms with Gasteiger partial charge in [-0.2, -0.15) is 0 Å². The van der Waals surface area contributed by atoms with Crippen LogP contribution in [0.15, 0.2) is 28.7 Å². The largest absolute Gasteiger partial charge is 0.383 e. The Balaban J connectivity index is 3.16. The number of nitrogens with zero attached hydrogens (tertiary/aromatic N) is 1. The van der Waals surface area contributed by atoms with Gasteiger partial charge >= 0.3 is 0 Å². The fourth-order valence-electron chi connectivity index (χ4n) is 2.98. The van der Waals surface area contributed by atoms with Gasteiger partial charge in [-0.25, -0.2) is 0 Å². The molecule has 0 heterocycles. The topological polar surface area (TPSA) is 38.5 Å². The van der Waals surface area contributed by atoms with E-state index in [0.717, 1.165) is 30.5 Å². The zero-order chi connectivity index (χ0) is 15.8. The highest BCUT2D eigenvalue weighted by atomic mass is 79.9. The summed E-state index contributed by atoms with van der Waals surface area (Å²) in [6.07, 6.45) is 2.24. The summed E-state index contributed by atoms with van der Waals surface area (Å²) in [6, 6.07) is 9.15. The predicted octanol–water partition coefficient (Wildman–Crippen LogP) is 3.97. The second kappa shape index (κ2) is 9.57. The van der Waals surface area contributed by atoms with Crippen LogP contribution in [-0.4, -0.2) is 37.2 Å². The molecule has 3 nitrogen and oxygen atoms in total. The van der Waals surface area contributed by atoms with Gasteiger partial charge in [0.05, 0.1) is 12.6 Å². The fourth-order valence-corrected chi connectivity index (χ4v) is 3.50. The summed E-state index contributed by atoms with van der Waals surface area (Å²) in [7, 11) is 1.75. The van der Waals surface area contributed by atoms with Crippen molar-refractivity contribution in [3.05, 3.63) is 34.3 Å². The quantitative estimate of drug-likeness (QED) is 0.727. The summed E-state index contributed by atoms with van der Waals surface area (Å²) in [5, 5.41) is 0. The lowest BCUT2D eigenvalue weighted by Gasteiger charge is -2.40. The first-order valence-electron chi connectivity index (χ1n) is 7.81. The Kier molecular flexibility index (Phi) is 8.49. The molecule has 120 valence electrons. The Morgan fingerprint density at radius 1 is 1.24 bits per heavy atom. The molecule has 0 amide bonds. The molecule has 4 heteroatoms. The lowest BCUT2D eigenvalue weighted by atomic mass is 9.96. The number of ether oxygens (including phenoxy) is 1. The number of halogens is 1. The molecule has 1 rings (SSSR count). The van der Waals surface area contributed by atoms with Gasteiger partial charge in [0, 0.05) is 30.2 Å². The number of hydrogen-bond acceptors (Lipinski definition) is 3. The zero-order valence-electron chi connectivity index (χ0n) is 13.7. The van der Waals surface area contributed by atoms with E-state index in [1.54, 1.807) is 7.11 Å². The van der Waals surface area contributed by atoms with Crippen LogP contribution in [0.3, 0.4) is 0 Å². The molecule has 2 N–H and O–H groups in total. The molecule has 0 aromatic heterocycles. The van der Waals surface area contributed by atoms with Crippen LogP contribution in [0.4, 0.5) is 0 Å². The lowest BCUT2D eigenvalue weighted by Crippen LogP contribution is -2.46. The summed E-state index contributed by atoms with van der Waals surface area (Å²) in [4.78, 5) is 2.51. The lowest BCUT2D eigenvalue weighted by molar-refractivity contribution is 0.0699. The van der Waals surface area contributed by atoms with Crippen molar-refractivity contribution < 1.29 is 4.74 Å². The minimum absolute atomic E-state index is 0.0566. The van der Waals surface area contributed by atoms with Gasteiger partial charge < -0.3 is 10.5 Å². The molecular formula is C17H29BrN2O. The van der Waals surface area contributed by atoms with Crippen molar-refractivity contribution in [2.24, 2.45) is 5.73 Å². The number of rotatable bonds is 9. The second-order valence-electron chi connectivity index (χ2n) is 5.53. The zero-order valence-corrected chi connectivity index (χ0v) is 15.3. The van der Waals surface area contributed by atoms with Gasteiger partial charge in [-0.3, -0.25) is 4.90 Å². The molecule has 0 aliphatic heterocycles. The summed E-state index contributed by atoms with van der Waals surface area (Å²) in [6.45, 7) is 8.20. The van der Waals surface area contributed by atoms with E-state index in [1.165, 1.54) is 5.56 Å². The first-order chi connectivity index (χ1) is 10.1. The molecule has 0 fully saturated rings. The standard InChI is InChI=1S/C17H29BrN2O/c1-5-14(6-2)20(11-12-21-4)17(13(3)19)15-9-7-8-10-16(15)18/h7-10,13-14,17H,5-6,11-12,19H2,1-4H3. The Morgan fingerprint density at radius 2 is 1.86 bits per heavy atom. The molecule has 0 saturated carbocycles. The van der Waals surface area contributed by atoms with Crippen LogP contribution in [0.25, 0.3) is 0 Å². The predicted molar refractivity (Wildman–Crippen MR) is 93.5 cm³/mol. The molecule has 0 saturated heterocycles. The Hall–Kier alpha value is -0.420. The maximum absolute atomic E-state index is 6.35. The first-order valence-corrected chi connectivity index (χ1v) is 8.60. The summed E-state index contributed by atoms with van der Waals surface area (Å²) >= 11 is 3.68. The van der Waals surface area contributed by atoms with Crippen LogP contribution < -0.4 is 5.73 Å². The molecule has 0 aliphatic rings. The van der Waals surface area contributed by atoms with Gasteiger partial charge in [0.1, 0.15) is 0 Å². The molecule has 1 aromatic carbocycles. The van der Waals surface area contributed by atoms with E-state index in [0.29, 0.717) is 6.04 Å². The summed E-state index contributed by atoms with van der Waals surface area (Å²) in [5.41, 5.74) is 7.61. The third-order valence-corrected chi connectivity index (χ3v) is 4.77. The molecule has 2 atom stereocenters. The van der Waals surface area contributed by atoms with E-state index in [4.69, 9.17) is 10.5 Å². The fraction of sp³-hybridized carbons (Fsp3) is 0.647. The molecule has 21 heavy (non-hydrogen) atoms. The van der Waals surface area contributed by atoms with Gasteiger partial charge in [0.25, 0.3) is 0 Å². The maximum atomic E-state index is 6.35. The van der Waals surface area contributed by atoms with Crippen molar-refractivity contribution in [3.63, 3.8) is 0 Å². The third kappa shape index (κ3) is 5.06. The van der Waals surface area contributed by atoms with Crippen molar-refractivity contribution >= 4 is 15.9 Å². The van der Waals surface area contributed by atoms with Crippen LogP contribution in [0.2, 0.25) is 0 Å². The average molecular weight is 357 g/mol. The highest BCUT2D eigenvalue weighted by molar-refractivity contribution is 9.10. The van der Waals surface area contributed by atoms with E-state index < -0.39 is 0 Å². The van der Waals surface area contributed by atoms with Gasteiger partial charge in [0.2, 0.25) is 0 Å². The van der Waals surface area contributed by atoms with Crippen LogP contribution in [0.1, 0.15) is 45.2 Å². The van der Waals surface area contributed by atoms with Crippen molar-refractivity contribution in [1.82, 2.24) is 4.90 Å². The van der Waals surface area contributed by atoms with Crippen molar-refractivity contribution in [2.75, 3.05) is 20.3 Å². The van der Waals surface area contributed by atoms with E-state index >= 15 is 0 Å². The van der Waals surface area contributed by atoms with E-state index in [9.17, 15) is 0 Å². The molecule has 0 radical (unpaired) electrons. The highest BCUT2D eigenvalue weighted by Gasteiger charge is 2.29. The Morgan fingerprint density at radius 3 is 2.33 bits per heavy atom. The molecule has 0 bridgehead atoms. The number of nitrogens with two attached hydrogens (primary N) is 1. The van der Waals surface area contributed by atoms with Gasteiger partial charge in [0.15, 0.2) is 0 Å². The molecule has 0 spiro atoms. The number of hydrogen-bond donors (Lipinski definition) is 1. The molecular weight excluding hydrogens is 328 g/mol. The minimum Gasteiger partial charge on any atom is -0.383 e. The molecule has 0 aliphatic carbocycles. The average Bonchev–Trinajstić information content (AvgIpc) is 2.47. The van der Waals surface area contributed by atoms with Crippen LogP contribution in [0.5, 0.6) is 0 Å². The van der Waals surface area contributed by atoms with E-state index in [1.807, 2.05) is 6.07 Å². The second-order valence-corrected chi connectivity index (χ2v) is 6.38. The highest BCUT2D eigenvalue weighted by Crippen LogP contribution is 2.32. The normalized spacial score (nSPS) is 14.7. The van der Waals surface area contributed by atoms with Crippen molar-refractivity contribution in [2.45, 2.75) is 51.7 Å². The van der Waals surface area contributed by atoms with Crippen molar-refractivity contribution in [3.8, 4) is 0 Å². The van der Waals surface area contributed by atoms with Gasteiger partial charge in [-0.15, -0.1) is 0 Å². The number of benzene rings is 1. The SMILES string of the molecule is CCC(CC)N(CCOC)C(c1ccccc1Br)C(C)N. The monoisotopic (exact) mass is 356 g/mol. The van der Waals surface area contributed by atoms with E-state index in [-0.39, 0.29) is 12.1 Å². The Labute approximate surface area is 138 Å². The van der Waals surface area contributed by atoms with Crippen LogP contribution >= 0.6 is 15.9 Å². The first kappa shape index (κ1) is 18.6. The Bertz CT molecular complexity index is 408. The smallest absolute Gasteiger partial charge is 0.0590 e. The number of methoxy groups -OCH3 is 1. The summed E-state index contributed by atoms with van der Waals surface area (Å²) in [5.74, 6) is 0. The van der Waals surface area contributed by atoms with E-state index in [2.05, 4.69) is 59.8 Å². The maximum Gasteiger partial charge on any atom is 0.0590 e. The molecule has 1 aromatic rings. The third-order valence-electron chi connectivity index (χ3n) is 4.04. The minimum atomic E-state index is 0.0566. The van der Waals surface area contributed by atoms with Crippen molar-refractivity contribution in [1.29, 1.82) is 0 Å². The van der Waals surface area contributed by atoms with Gasteiger partial charge in [-0.05, 0) is 31.4 Å². The van der Waals surface area contributed by atoms with Crippen LogP contribution in [0, 0.1) is 0 Å².